The second-order valence-electron chi connectivity index (χ2n) is 3.42. The molecule has 0 saturated heterocycles. The van der Waals surface area contributed by atoms with Crippen molar-refractivity contribution in [2.75, 3.05) is 0 Å². The highest BCUT2D eigenvalue weighted by atomic mass is 79.9. The minimum absolute atomic E-state index is 0.543. The van der Waals surface area contributed by atoms with Crippen molar-refractivity contribution in [3.05, 3.63) is 47.3 Å². The van der Waals surface area contributed by atoms with Gasteiger partial charge in [-0.2, -0.15) is 0 Å². The van der Waals surface area contributed by atoms with Crippen molar-refractivity contribution in [2.45, 2.75) is 0 Å². The topological polar surface area (TPSA) is 38.9 Å². The minimum atomic E-state index is 0.543. The summed E-state index contributed by atoms with van der Waals surface area (Å²) >= 11 is 3.52. The lowest BCUT2D eigenvalue weighted by molar-refractivity contribution is 0.569. The monoisotopic (exact) mass is 274 g/mol. The summed E-state index contributed by atoms with van der Waals surface area (Å²) in [6.45, 7) is 0. The molecule has 3 nitrogen and oxygen atoms in total. The van der Waals surface area contributed by atoms with E-state index in [0.29, 0.717) is 5.89 Å². The molecule has 2 aromatic carbocycles. The van der Waals surface area contributed by atoms with Gasteiger partial charge in [-0.15, -0.1) is 10.2 Å². The van der Waals surface area contributed by atoms with Crippen LogP contribution < -0.4 is 0 Å². The Morgan fingerprint density at radius 3 is 2.88 bits per heavy atom. The Labute approximate surface area is 100 Å². The molecule has 3 rings (SSSR count). The molecule has 4 heteroatoms. The van der Waals surface area contributed by atoms with Crippen LogP contribution in [0.25, 0.3) is 22.2 Å². The van der Waals surface area contributed by atoms with Crippen molar-refractivity contribution in [3.63, 3.8) is 0 Å². The van der Waals surface area contributed by atoms with Gasteiger partial charge in [0.2, 0.25) is 12.3 Å². The van der Waals surface area contributed by atoms with E-state index in [2.05, 4.69) is 32.2 Å². The molecular weight excluding hydrogens is 268 g/mol. The van der Waals surface area contributed by atoms with Crippen molar-refractivity contribution >= 4 is 26.7 Å². The molecule has 0 bridgehead atoms. The predicted molar refractivity (Wildman–Crippen MR) is 64.9 cm³/mol. The van der Waals surface area contributed by atoms with Gasteiger partial charge in [-0.3, -0.25) is 0 Å². The van der Waals surface area contributed by atoms with Crippen LogP contribution in [0.3, 0.4) is 0 Å². The van der Waals surface area contributed by atoms with Crippen molar-refractivity contribution in [1.82, 2.24) is 10.2 Å². The molecule has 0 aliphatic carbocycles. The lowest BCUT2D eigenvalue weighted by atomic mass is 10.1. The van der Waals surface area contributed by atoms with Crippen LogP contribution in [-0.4, -0.2) is 10.2 Å². The van der Waals surface area contributed by atoms with Gasteiger partial charge in [-0.05, 0) is 29.0 Å². The van der Waals surface area contributed by atoms with Crippen LogP contribution in [-0.2, 0) is 0 Å². The van der Waals surface area contributed by atoms with E-state index in [1.165, 1.54) is 11.8 Å². The molecular formula is C12H7BrN2O. The van der Waals surface area contributed by atoms with Crippen molar-refractivity contribution < 1.29 is 4.42 Å². The average molecular weight is 275 g/mol. The maximum absolute atomic E-state index is 5.16. The van der Waals surface area contributed by atoms with Crippen LogP contribution in [0.1, 0.15) is 0 Å². The normalized spacial score (nSPS) is 10.8. The molecule has 0 amide bonds. The molecule has 0 aliphatic heterocycles. The van der Waals surface area contributed by atoms with Crippen molar-refractivity contribution in [1.29, 1.82) is 0 Å². The standard InChI is InChI=1S/C12H7BrN2O/c13-11-3-1-2-8-6-9(4-5-10(8)11)12-15-14-7-16-12/h1-7H. The molecule has 16 heavy (non-hydrogen) atoms. The molecule has 0 aliphatic rings. The summed E-state index contributed by atoms with van der Waals surface area (Å²) in [6, 6.07) is 12.1. The Kier molecular flexibility index (Phi) is 2.22. The third-order valence-corrected chi connectivity index (χ3v) is 3.13. The van der Waals surface area contributed by atoms with E-state index in [1.54, 1.807) is 0 Å². The van der Waals surface area contributed by atoms with E-state index in [-0.39, 0.29) is 0 Å². The van der Waals surface area contributed by atoms with Gasteiger partial charge in [0.15, 0.2) is 0 Å². The summed E-state index contributed by atoms with van der Waals surface area (Å²) in [6.07, 6.45) is 1.33. The zero-order valence-electron chi connectivity index (χ0n) is 8.22. The number of rotatable bonds is 1. The molecule has 1 aromatic heterocycles. The molecule has 3 aromatic rings. The van der Waals surface area contributed by atoms with Gasteiger partial charge in [0.1, 0.15) is 0 Å². The first kappa shape index (κ1) is 9.54. The second kappa shape index (κ2) is 3.72. The van der Waals surface area contributed by atoms with Gasteiger partial charge in [-0.25, -0.2) is 0 Å². The summed E-state index contributed by atoms with van der Waals surface area (Å²) in [4.78, 5) is 0. The van der Waals surface area contributed by atoms with E-state index in [9.17, 15) is 0 Å². The minimum Gasteiger partial charge on any atom is -0.423 e. The number of hydrogen-bond donors (Lipinski definition) is 0. The first-order chi connectivity index (χ1) is 7.84. The van der Waals surface area contributed by atoms with Crippen LogP contribution >= 0.6 is 15.9 Å². The van der Waals surface area contributed by atoms with E-state index in [0.717, 1.165) is 15.4 Å². The Morgan fingerprint density at radius 2 is 2.06 bits per heavy atom. The van der Waals surface area contributed by atoms with Gasteiger partial charge in [0.05, 0.1) is 0 Å². The molecule has 78 valence electrons. The van der Waals surface area contributed by atoms with Gasteiger partial charge >= 0.3 is 0 Å². The van der Waals surface area contributed by atoms with E-state index in [4.69, 9.17) is 4.42 Å². The van der Waals surface area contributed by atoms with Gasteiger partial charge in [-0.1, -0.05) is 34.1 Å². The third-order valence-electron chi connectivity index (χ3n) is 2.43. The zero-order chi connectivity index (χ0) is 11.0. The van der Waals surface area contributed by atoms with Gasteiger partial charge in [0.25, 0.3) is 0 Å². The van der Waals surface area contributed by atoms with E-state index < -0.39 is 0 Å². The Morgan fingerprint density at radius 1 is 1.12 bits per heavy atom. The molecule has 0 atom stereocenters. The molecule has 0 fully saturated rings. The van der Waals surface area contributed by atoms with E-state index >= 15 is 0 Å². The Hall–Kier alpha value is -1.68. The fourth-order valence-electron chi connectivity index (χ4n) is 1.68. The summed E-state index contributed by atoms with van der Waals surface area (Å²) in [5.41, 5.74) is 0.933. The number of aromatic nitrogens is 2. The fourth-order valence-corrected chi connectivity index (χ4v) is 2.19. The Balaban J connectivity index is 2.24. The molecule has 1 heterocycles. The highest BCUT2D eigenvalue weighted by Gasteiger charge is 2.05. The highest BCUT2D eigenvalue weighted by molar-refractivity contribution is 9.10. The maximum Gasteiger partial charge on any atom is 0.247 e. The van der Waals surface area contributed by atoms with Crippen molar-refractivity contribution in [3.8, 4) is 11.5 Å². The summed E-state index contributed by atoms with van der Waals surface area (Å²) < 4.78 is 6.25. The van der Waals surface area contributed by atoms with Crippen LogP contribution in [0.4, 0.5) is 0 Å². The Bertz CT molecular complexity index is 635. The lowest BCUT2D eigenvalue weighted by Crippen LogP contribution is -1.80. The van der Waals surface area contributed by atoms with Crippen LogP contribution in [0.15, 0.2) is 51.7 Å². The lowest BCUT2D eigenvalue weighted by Gasteiger charge is -2.01. The third kappa shape index (κ3) is 1.51. The number of benzene rings is 2. The highest BCUT2D eigenvalue weighted by Crippen LogP contribution is 2.27. The SMILES string of the molecule is Brc1cccc2cc(-c3nnco3)ccc12. The smallest absolute Gasteiger partial charge is 0.247 e. The van der Waals surface area contributed by atoms with Crippen molar-refractivity contribution in [2.24, 2.45) is 0 Å². The van der Waals surface area contributed by atoms with Crippen LogP contribution in [0.2, 0.25) is 0 Å². The van der Waals surface area contributed by atoms with E-state index in [1.807, 2.05) is 30.3 Å². The quantitative estimate of drug-likeness (QED) is 0.680. The molecule has 0 unspecified atom stereocenters. The van der Waals surface area contributed by atoms with Crippen LogP contribution in [0, 0.1) is 0 Å². The maximum atomic E-state index is 5.16. The van der Waals surface area contributed by atoms with Gasteiger partial charge < -0.3 is 4.42 Å². The second-order valence-corrected chi connectivity index (χ2v) is 4.27. The molecule has 0 radical (unpaired) electrons. The van der Waals surface area contributed by atoms with Crippen LogP contribution in [0.5, 0.6) is 0 Å². The fraction of sp³-hybridized carbons (Fsp3) is 0. The number of halogens is 1. The first-order valence-electron chi connectivity index (χ1n) is 4.79. The zero-order valence-corrected chi connectivity index (χ0v) is 9.81. The summed E-state index contributed by atoms with van der Waals surface area (Å²) in [5, 5.41) is 9.87. The number of hydrogen-bond acceptors (Lipinski definition) is 3. The number of nitrogens with zero attached hydrogens (tertiary/aromatic N) is 2. The summed E-state index contributed by atoms with van der Waals surface area (Å²) in [5.74, 6) is 0.543. The average Bonchev–Trinajstić information content (AvgIpc) is 2.82. The molecule has 0 spiro atoms. The largest absolute Gasteiger partial charge is 0.423 e. The molecule has 0 N–H and O–H groups in total. The summed E-state index contributed by atoms with van der Waals surface area (Å²) in [7, 11) is 0. The molecule has 0 saturated carbocycles. The predicted octanol–water partition coefficient (Wildman–Crippen LogP) is 3.65. The first-order valence-corrected chi connectivity index (χ1v) is 5.59. The van der Waals surface area contributed by atoms with Gasteiger partial charge in [0, 0.05) is 10.0 Å². The number of fused-ring (bicyclic) bond motifs is 1.